The summed E-state index contributed by atoms with van der Waals surface area (Å²) >= 11 is 0. The van der Waals surface area contributed by atoms with Gasteiger partial charge in [0.25, 0.3) is 5.69 Å². The first-order valence-electron chi connectivity index (χ1n) is 7.33. The van der Waals surface area contributed by atoms with Gasteiger partial charge in [-0.05, 0) is 36.8 Å². The second-order valence-corrected chi connectivity index (χ2v) is 5.30. The third-order valence-electron chi connectivity index (χ3n) is 3.59. The van der Waals surface area contributed by atoms with E-state index >= 15 is 0 Å². The zero-order valence-electron chi connectivity index (χ0n) is 12.9. The number of benzene rings is 2. The minimum absolute atomic E-state index is 0.271. The van der Waals surface area contributed by atoms with Crippen molar-refractivity contribution in [1.29, 1.82) is 0 Å². The standard InChI is InChI=1S/C17H15FN4O2/c1-12-8-9-21(20-12)16-5-3-2-4-13(16)11-19-15-7-6-14(18)10-17(15)22(23)24/h2-10,19H,11H2,1H3. The van der Waals surface area contributed by atoms with Gasteiger partial charge in [0.15, 0.2) is 0 Å². The van der Waals surface area contributed by atoms with Gasteiger partial charge in [-0.3, -0.25) is 10.1 Å². The van der Waals surface area contributed by atoms with Crippen LogP contribution in [0.25, 0.3) is 5.69 Å². The molecule has 0 aliphatic heterocycles. The molecule has 0 bridgehead atoms. The van der Waals surface area contributed by atoms with Crippen LogP contribution < -0.4 is 5.32 Å². The molecule has 0 fully saturated rings. The summed E-state index contributed by atoms with van der Waals surface area (Å²) in [5, 5.41) is 18.5. The van der Waals surface area contributed by atoms with Crippen LogP contribution in [0.1, 0.15) is 11.3 Å². The number of anilines is 1. The van der Waals surface area contributed by atoms with Gasteiger partial charge >= 0.3 is 0 Å². The molecule has 3 aromatic rings. The first kappa shape index (κ1) is 15.7. The molecule has 0 spiro atoms. The quantitative estimate of drug-likeness (QED) is 0.571. The van der Waals surface area contributed by atoms with Crippen molar-refractivity contribution in [2.24, 2.45) is 0 Å². The summed E-state index contributed by atoms with van der Waals surface area (Å²) < 4.78 is 15.0. The van der Waals surface area contributed by atoms with Crippen molar-refractivity contribution < 1.29 is 9.31 Å². The number of hydrogen-bond acceptors (Lipinski definition) is 4. The van der Waals surface area contributed by atoms with Crippen molar-refractivity contribution in [2.45, 2.75) is 13.5 Å². The summed E-state index contributed by atoms with van der Waals surface area (Å²) in [6.45, 7) is 2.25. The molecule has 0 aliphatic carbocycles. The topological polar surface area (TPSA) is 73.0 Å². The fourth-order valence-electron chi connectivity index (χ4n) is 2.43. The van der Waals surface area contributed by atoms with Crippen LogP contribution in [-0.2, 0) is 6.54 Å². The Morgan fingerprint density at radius 3 is 2.75 bits per heavy atom. The number of nitrogens with one attached hydrogen (secondary N) is 1. The van der Waals surface area contributed by atoms with Gasteiger partial charge in [-0.1, -0.05) is 18.2 Å². The lowest BCUT2D eigenvalue weighted by Crippen LogP contribution is -2.07. The van der Waals surface area contributed by atoms with Crippen molar-refractivity contribution in [2.75, 3.05) is 5.32 Å². The highest BCUT2D eigenvalue weighted by Crippen LogP contribution is 2.26. The molecule has 0 aliphatic rings. The maximum atomic E-state index is 13.2. The largest absolute Gasteiger partial charge is 0.375 e. The van der Waals surface area contributed by atoms with E-state index in [1.807, 2.05) is 43.5 Å². The van der Waals surface area contributed by atoms with Crippen molar-refractivity contribution in [3.8, 4) is 5.69 Å². The normalized spacial score (nSPS) is 10.6. The van der Waals surface area contributed by atoms with Crippen LogP contribution in [0.2, 0.25) is 0 Å². The summed E-state index contributed by atoms with van der Waals surface area (Å²) in [6.07, 6.45) is 1.86. The number of halogens is 1. The Morgan fingerprint density at radius 1 is 1.25 bits per heavy atom. The lowest BCUT2D eigenvalue weighted by molar-refractivity contribution is -0.384. The number of nitrogens with zero attached hydrogens (tertiary/aromatic N) is 3. The zero-order valence-corrected chi connectivity index (χ0v) is 12.9. The third kappa shape index (κ3) is 3.24. The highest BCUT2D eigenvalue weighted by Gasteiger charge is 2.15. The fourth-order valence-corrected chi connectivity index (χ4v) is 2.43. The van der Waals surface area contributed by atoms with Gasteiger partial charge in [0.05, 0.1) is 22.4 Å². The molecule has 122 valence electrons. The number of nitro benzene ring substituents is 1. The predicted octanol–water partition coefficient (Wildman–Crippen LogP) is 3.84. The van der Waals surface area contributed by atoms with E-state index in [1.54, 1.807) is 4.68 Å². The molecule has 1 N–H and O–H groups in total. The van der Waals surface area contributed by atoms with E-state index in [2.05, 4.69) is 10.4 Å². The summed E-state index contributed by atoms with van der Waals surface area (Å²) in [7, 11) is 0. The van der Waals surface area contributed by atoms with E-state index in [-0.39, 0.29) is 11.4 Å². The average Bonchev–Trinajstić information content (AvgIpc) is 3.00. The third-order valence-corrected chi connectivity index (χ3v) is 3.59. The van der Waals surface area contributed by atoms with Gasteiger partial charge in [0.2, 0.25) is 0 Å². The predicted molar refractivity (Wildman–Crippen MR) is 88.7 cm³/mol. The molecule has 0 saturated carbocycles. The van der Waals surface area contributed by atoms with Gasteiger partial charge in [-0.15, -0.1) is 0 Å². The van der Waals surface area contributed by atoms with Crippen LogP contribution in [0.15, 0.2) is 54.7 Å². The minimum atomic E-state index is -0.639. The van der Waals surface area contributed by atoms with Crippen molar-refractivity contribution in [3.05, 3.63) is 81.9 Å². The molecule has 0 radical (unpaired) electrons. The second kappa shape index (κ2) is 6.49. The van der Waals surface area contributed by atoms with Crippen LogP contribution in [0.5, 0.6) is 0 Å². The molecule has 6 nitrogen and oxygen atoms in total. The van der Waals surface area contributed by atoms with Gasteiger partial charge < -0.3 is 5.32 Å². The Morgan fingerprint density at radius 2 is 2.04 bits per heavy atom. The Labute approximate surface area is 137 Å². The Balaban J connectivity index is 1.87. The number of aromatic nitrogens is 2. The number of nitro groups is 1. The monoisotopic (exact) mass is 326 g/mol. The number of hydrogen-bond donors (Lipinski definition) is 1. The van der Waals surface area contributed by atoms with E-state index in [1.165, 1.54) is 12.1 Å². The maximum absolute atomic E-state index is 13.2. The van der Waals surface area contributed by atoms with Crippen molar-refractivity contribution in [3.63, 3.8) is 0 Å². The van der Waals surface area contributed by atoms with Crippen LogP contribution in [0, 0.1) is 22.9 Å². The Hall–Kier alpha value is -3.22. The Kier molecular flexibility index (Phi) is 4.24. The lowest BCUT2D eigenvalue weighted by atomic mass is 10.1. The van der Waals surface area contributed by atoms with Crippen molar-refractivity contribution >= 4 is 11.4 Å². The minimum Gasteiger partial charge on any atom is -0.375 e. The second-order valence-electron chi connectivity index (χ2n) is 5.30. The molecule has 3 rings (SSSR count). The van der Waals surface area contributed by atoms with Crippen LogP contribution >= 0.6 is 0 Å². The Bertz CT molecular complexity index is 892. The fraction of sp³-hybridized carbons (Fsp3) is 0.118. The van der Waals surface area contributed by atoms with Gasteiger partial charge in [-0.2, -0.15) is 5.10 Å². The summed E-state index contributed by atoms with van der Waals surface area (Å²) in [5.41, 5.74) is 2.67. The average molecular weight is 326 g/mol. The number of rotatable bonds is 5. The molecule has 24 heavy (non-hydrogen) atoms. The van der Waals surface area contributed by atoms with Gasteiger partial charge in [0.1, 0.15) is 11.5 Å². The van der Waals surface area contributed by atoms with Crippen LogP contribution in [0.4, 0.5) is 15.8 Å². The molecule has 0 atom stereocenters. The highest BCUT2D eigenvalue weighted by atomic mass is 19.1. The number of para-hydroxylation sites is 1. The first-order valence-corrected chi connectivity index (χ1v) is 7.33. The van der Waals surface area contributed by atoms with E-state index in [0.717, 1.165) is 23.0 Å². The lowest BCUT2D eigenvalue weighted by Gasteiger charge is -2.12. The van der Waals surface area contributed by atoms with E-state index in [0.29, 0.717) is 6.54 Å². The van der Waals surface area contributed by atoms with E-state index < -0.39 is 10.7 Å². The highest BCUT2D eigenvalue weighted by molar-refractivity contribution is 5.62. The summed E-state index contributed by atoms with van der Waals surface area (Å²) in [4.78, 5) is 10.5. The van der Waals surface area contributed by atoms with Crippen molar-refractivity contribution in [1.82, 2.24) is 9.78 Å². The first-order chi connectivity index (χ1) is 11.5. The molecular formula is C17H15FN4O2. The van der Waals surface area contributed by atoms with Gasteiger partial charge in [0, 0.05) is 12.7 Å². The molecule has 0 unspecified atom stereocenters. The molecule has 0 saturated heterocycles. The number of aryl methyl sites for hydroxylation is 1. The summed E-state index contributed by atoms with van der Waals surface area (Å²) in [6, 6.07) is 13.0. The van der Waals surface area contributed by atoms with Gasteiger partial charge in [-0.25, -0.2) is 9.07 Å². The molecule has 0 amide bonds. The van der Waals surface area contributed by atoms with E-state index in [9.17, 15) is 14.5 Å². The maximum Gasteiger partial charge on any atom is 0.295 e. The molecule has 2 aromatic carbocycles. The summed E-state index contributed by atoms with van der Waals surface area (Å²) in [5.74, 6) is -0.639. The van der Waals surface area contributed by atoms with Crippen LogP contribution in [-0.4, -0.2) is 14.7 Å². The SMILES string of the molecule is Cc1ccn(-c2ccccc2CNc2ccc(F)cc2[N+](=O)[O-])n1. The smallest absolute Gasteiger partial charge is 0.295 e. The van der Waals surface area contributed by atoms with E-state index in [4.69, 9.17) is 0 Å². The zero-order chi connectivity index (χ0) is 17.1. The molecule has 7 heteroatoms. The molecule has 1 aromatic heterocycles. The molecular weight excluding hydrogens is 311 g/mol. The van der Waals surface area contributed by atoms with Crippen LogP contribution in [0.3, 0.4) is 0 Å². The molecule has 1 heterocycles.